The molecule has 1 unspecified atom stereocenters. The van der Waals surface area contributed by atoms with Crippen LogP contribution >= 0.6 is 0 Å². The first-order chi connectivity index (χ1) is 10.9. The van der Waals surface area contributed by atoms with Gasteiger partial charge in [-0.15, -0.1) is 0 Å². The van der Waals surface area contributed by atoms with Gasteiger partial charge >= 0.3 is 11.8 Å². The van der Waals surface area contributed by atoms with Crippen molar-refractivity contribution in [3.8, 4) is 0 Å². The quantitative estimate of drug-likeness (QED) is 0.794. The van der Waals surface area contributed by atoms with Crippen molar-refractivity contribution in [1.29, 1.82) is 0 Å². The lowest BCUT2D eigenvalue weighted by Gasteiger charge is -2.36. The molecule has 0 radical (unpaired) electrons. The Morgan fingerprint density at radius 1 is 1.22 bits per heavy atom. The van der Waals surface area contributed by atoms with E-state index in [9.17, 15) is 9.59 Å². The summed E-state index contributed by atoms with van der Waals surface area (Å²) in [6.07, 6.45) is -0.659. The number of aliphatic hydroxyl groups excluding tert-OH is 1. The number of piperazine rings is 1. The smallest absolute Gasteiger partial charge is 0.312 e. The van der Waals surface area contributed by atoms with Gasteiger partial charge in [-0.1, -0.05) is 12.1 Å². The summed E-state index contributed by atoms with van der Waals surface area (Å²) in [6, 6.07) is 6.22. The van der Waals surface area contributed by atoms with Crippen LogP contribution in [0.5, 0.6) is 0 Å². The van der Waals surface area contributed by atoms with Crippen molar-refractivity contribution in [2.45, 2.75) is 26.9 Å². The molecular weight excluding hydrogens is 294 g/mol. The summed E-state index contributed by atoms with van der Waals surface area (Å²) >= 11 is 0. The maximum absolute atomic E-state index is 12.1. The molecule has 1 fully saturated rings. The summed E-state index contributed by atoms with van der Waals surface area (Å²) in [5.41, 5.74) is 3.69. The summed E-state index contributed by atoms with van der Waals surface area (Å²) < 4.78 is 0. The van der Waals surface area contributed by atoms with Gasteiger partial charge in [0.1, 0.15) is 0 Å². The van der Waals surface area contributed by atoms with Crippen LogP contribution in [0.1, 0.15) is 18.1 Å². The van der Waals surface area contributed by atoms with E-state index in [1.54, 1.807) is 11.8 Å². The number of anilines is 1. The summed E-state index contributed by atoms with van der Waals surface area (Å²) in [6.45, 7) is 8.31. The Labute approximate surface area is 137 Å². The van der Waals surface area contributed by atoms with Gasteiger partial charge in [-0.25, -0.2) is 0 Å². The topological polar surface area (TPSA) is 72.9 Å². The number of hydrogen-bond donors (Lipinski definition) is 2. The molecule has 2 N–H and O–H groups in total. The van der Waals surface area contributed by atoms with Gasteiger partial charge in [0.15, 0.2) is 0 Å². The van der Waals surface area contributed by atoms with Crippen LogP contribution in [0.15, 0.2) is 18.2 Å². The molecule has 126 valence electrons. The highest BCUT2D eigenvalue weighted by Gasteiger charge is 2.26. The van der Waals surface area contributed by atoms with E-state index in [0.29, 0.717) is 26.2 Å². The van der Waals surface area contributed by atoms with Gasteiger partial charge in [0.05, 0.1) is 6.10 Å². The monoisotopic (exact) mass is 319 g/mol. The molecule has 0 saturated carbocycles. The minimum atomic E-state index is -0.659. The third-order valence-electron chi connectivity index (χ3n) is 4.24. The number of carbonyl (C=O) groups excluding carboxylic acids is 2. The van der Waals surface area contributed by atoms with Crippen molar-refractivity contribution in [2.75, 3.05) is 37.6 Å². The largest absolute Gasteiger partial charge is 0.392 e. The number of hydrogen-bond acceptors (Lipinski definition) is 4. The fourth-order valence-corrected chi connectivity index (χ4v) is 2.69. The molecule has 2 rings (SSSR count). The third-order valence-corrected chi connectivity index (χ3v) is 4.24. The molecule has 6 heteroatoms. The molecule has 0 spiro atoms. The second kappa shape index (κ2) is 7.46. The molecule has 23 heavy (non-hydrogen) atoms. The lowest BCUT2D eigenvalue weighted by Crippen LogP contribution is -2.53. The standard InChI is InChI=1S/C17H25N3O3/c1-12-5-4-6-15(14(12)3)19-7-9-20(10-8-19)17(23)16(22)18-11-13(2)21/h4-6,13,21H,7-11H2,1-3H3,(H,18,22). The van der Waals surface area contributed by atoms with E-state index in [2.05, 4.69) is 36.2 Å². The van der Waals surface area contributed by atoms with Gasteiger partial charge in [0.2, 0.25) is 0 Å². The Kier molecular flexibility index (Phi) is 5.60. The molecule has 1 heterocycles. The molecule has 1 atom stereocenters. The Morgan fingerprint density at radius 3 is 2.48 bits per heavy atom. The molecule has 1 aromatic carbocycles. The van der Waals surface area contributed by atoms with Gasteiger partial charge in [-0.05, 0) is 38.0 Å². The molecule has 0 aliphatic carbocycles. The number of carbonyl (C=O) groups is 2. The number of aliphatic hydroxyl groups is 1. The summed E-state index contributed by atoms with van der Waals surface area (Å²) in [5.74, 6) is -1.17. The van der Waals surface area contributed by atoms with Crippen LogP contribution in [0.4, 0.5) is 5.69 Å². The van der Waals surface area contributed by atoms with Crippen molar-refractivity contribution in [3.63, 3.8) is 0 Å². The van der Waals surface area contributed by atoms with Gasteiger partial charge in [-0.2, -0.15) is 0 Å². The Morgan fingerprint density at radius 2 is 1.87 bits per heavy atom. The van der Waals surface area contributed by atoms with Crippen molar-refractivity contribution >= 4 is 17.5 Å². The van der Waals surface area contributed by atoms with Crippen LogP contribution in [0.25, 0.3) is 0 Å². The van der Waals surface area contributed by atoms with E-state index < -0.39 is 17.9 Å². The van der Waals surface area contributed by atoms with E-state index >= 15 is 0 Å². The lowest BCUT2D eigenvalue weighted by molar-refractivity contribution is -0.146. The first-order valence-corrected chi connectivity index (χ1v) is 7.96. The molecule has 0 bridgehead atoms. The predicted molar refractivity (Wildman–Crippen MR) is 89.4 cm³/mol. The van der Waals surface area contributed by atoms with Crippen LogP contribution in [0, 0.1) is 13.8 Å². The van der Waals surface area contributed by atoms with Gasteiger partial charge in [0, 0.05) is 38.4 Å². The zero-order valence-electron chi connectivity index (χ0n) is 14.0. The van der Waals surface area contributed by atoms with E-state index in [1.165, 1.54) is 16.8 Å². The number of benzene rings is 1. The predicted octanol–water partition coefficient (Wildman–Crippen LogP) is 0.449. The number of nitrogens with one attached hydrogen (secondary N) is 1. The average Bonchev–Trinajstić information content (AvgIpc) is 2.54. The Balaban J connectivity index is 1.92. The number of amides is 2. The van der Waals surface area contributed by atoms with Crippen molar-refractivity contribution in [3.05, 3.63) is 29.3 Å². The van der Waals surface area contributed by atoms with Crippen LogP contribution in [0.2, 0.25) is 0 Å². The normalized spacial score (nSPS) is 16.2. The second-order valence-corrected chi connectivity index (χ2v) is 6.06. The van der Waals surface area contributed by atoms with Gasteiger partial charge in [0.25, 0.3) is 0 Å². The first kappa shape index (κ1) is 17.3. The van der Waals surface area contributed by atoms with Crippen LogP contribution < -0.4 is 10.2 Å². The fourth-order valence-electron chi connectivity index (χ4n) is 2.69. The second-order valence-electron chi connectivity index (χ2n) is 6.06. The van der Waals surface area contributed by atoms with E-state index in [4.69, 9.17) is 5.11 Å². The summed E-state index contributed by atoms with van der Waals surface area (Å²) in [7, 11) is 0. The fraction of sp³-hybridized carbons (Fsp3) is 0.529. The minimum Gasteiger partial charge on any atom is -0.392 e. The molecule has 1 aliphatic rings. The Bertz CT molecular complexity index is 578. The molecule has 1 aliphatic heterocycles. The molecule has 1 aromatic rings. The van der Waals surface area contributed by atoms with Crippen LogP contribution in [0.3, 0.4) is 0 Å². The lowest BCUT2D eigenvalue weighted by atomic mass is 10.1. The molecular formula is C17H25N3O3. The summed E-state index contributed by atoms with van der Waals surface area (Å²) in [5, 5.41) is 11.6. The minimum absolute atomic E-state index is 0.0903. The zero-order chi connectivity index (χ0) is 17.0. The number of rotatable bonds is 3. The van der Waals surface area contributed by atoms with Crippen LogP contribution in [-0.4, -0.2) is 60.6 Å². The average molecular weight is 319 g/mol. The van der Waals surface area contributed by atoms with Crippen molar-refractivity contribution in [2.24, 2.45) is 0 Å². The highest BCUT2D eigenvalue weighted by molar-refractivity contribution is 6.35. The highest BCUT2D eigenvalue weighted by atomic mass is 16.3. The molecule has 0 aromatic heterocycles. The number of nitrogens with zero attached hydrogens (tertiary/aromatic N) is 2. The maximum atomic E-state index is 12.1. The van der Waals surface area contributed by atoms with Crippen LogP contribution in [-0.2, 0) is 9.59 Å². The van der Waals surface area contributed by atoms with E-state index in [0.717, 1.165) is 0 Å². The van der Waals surface area contributed by atoms with Crippen molar-refractivity contribution in [1.82, 2.24) is 10.2 Å². The maximum Gasteiger partial charge on any atom is 0.312 e. The third kappa shape index (κ3) is 4.22. The number of aryl methyl sites for hydroxylation is 1. The SMILES string of the molecule is Cc1cccc(N2CCN(C(=O)C(=O)NCC(C)O)CC2)c1C. The molecule has 2 amide bonds. The van der Waals surface area contributed by atoms with Crippen molar-refractivity contribution < 1.29 is 14.7 Å². The highest BCUT2D eigenvalue weighted by Crippen LogP contribution is 2.23. The van der Waals surface area contributed by atoms with E-state index in [1.807, 2.05) is 6.07 Å². The van der Waals surface area contributed by atoms with E-state index in [-0.39, 0.29) is 6.54 Å². The molecule has 1 saturated heterocycles. The Hall–Kier alpha value is -2.08. The van der Waals surface area contributed by atoms with Gasteiger partial charge < -0.3 is 20.2 Å². The zero-order valence-corrected chi connectivity index (χ0v) is 14.0. The first-order valence-electron chi connectivity index (χ1n) is 7.96. The van der Waals surface area contributed by atoms with Gasteiger partial charge in [-0.3, -0.25) is 9.59 Å². The molecule has 6 nitrogen and oxygen atoms in total. The summed E-state index contributed by atoms with van der Waals surface area (Å²) in [4.78, 5) is 27.7.